The van der Waals surface area contributed by atoms with Crippen LogP contribution in [-0.2, 0) is 6.54 Å². The van der Waals surface area contributed by atoms with E-state index in [9.17, 15) is 4.79 Å². The highest BCUT2D eigenvalue weighted by atomic mass is 79.9. The molecule has 0 fully saturated rings. The van der Waals surface area contributed by atoms with Gasteiger partial charge in [-0.2, -0.15) is 0 Å². The monoisotopic (exact) mass is 359 g/mol. The summed E-state index contributed by atoms with van der Waals surface area (Å²) in [5, 5.41) is 1.13. The molecular formula is C17H14BrNOS. The fraction of sp³-hybridized carbons (Fsp3) is 0.118. The molecule has 106 valence electrons. The van der Waals surface area contributed by atoms with Gasteiger partial charge in [0, 0.05) is 32.0 Å². The zero-order valence-electron chi connectivity index (χ0n) is 11.5. The smallest absolute Gasteiger partial charge is 0.182 e. The van der Waals surface area contributed by atoms with Crippen LogP contribution in [-0.4, -0.2) is 16.6 Å². The van der Waals surface area contributed by atoms with Gasteiger partial charge >= 0.3 is 0 Å². The second kappa shape index (κ2) is 6.08. The van der Waals surface area contributed by atoms with Crippen molar-refractivity contribution in [3.8, 4) is 0 Å². The van der Waals surface area contributed by atoms with Gasteiger partial charge < -0.3 is 4.57 Å². The molecule has 0 amide bonds. The van der Waals surface area contributed by atoms with Crippen molar-refractivity contribution >= 4 is 44.4 Å². The van der Waals surface area contributed by atoms with E-state index >= 15 is 0 Å². The maximum absolute atomic E-state index is 12.4. The van der Waals surface area contributed by atoms with Crippen molar-refractivity contribution in [2.24, 2.45) is 0 Å². The Hall–Kier alpha value is -1.52. The number of carbonyl (C=O) groups excluding carboxylic acids is 1. The molecule has 0 atom stereocenters. The summed E-state index contributed by atoms with van der Waals surface area (Å²) in [6.45, 7) is 0.352. The number of thioether (sulfide) groups is 1. The first kappa shape index (κ1) is 14.4. The Kier molecular flexibility index (Phi) is 4.17. The van der Waals surface area contributed by atoms with Gasteiger partial charge in [0.25, 0.3) is 0 Å². The summed E-state index contributed by atoms with van der Waals surface area (Å²) < 4.78 is 3.01. The number of para-hydroxylation sites is 1. The van der Waals surface area contributed by atoms with Crippen molar-refractivity contribution < 1.29 is 4.79 Å². The fourth-order valence-corrected chi connectivity index (χ4v) is 3.35. The van der Waals surface area contributed by atoms with Crippen molar-refractivity contribution in [1.82, 2.24) is 4.57 Å². The van der Waals surface area contributed by atoms with Gasteiger partial charge in [0.05, 0.1) is 6.54 Å². The molecule has 0 saturated carbocycles. The molecule has 2 aromatic carbocycles. The molecule has 0 aliphatic rings. The van der Waals surface area contributed by atoms with Crippen molar-refractivity contribution in [3.63, 3.8) is 0 Å². The number of nitrogens with zero attached hydrogens (tertiary/aromatic N) is 1. The van der Waals surface area contributed by atoms with Gasteiger partial charge in [-0.3, -0.25) is 4.79 Å². The van der Waals surface area contributed by atoms with Gasteiger partial charge in [-0.15, -0.1) is 11.8 Å². The molecule has 0 bridgehead atoms. The zero-order chi connectivity index (χ0) is 14.8. The molecule has 4 heteroatoms. The SMILES string of the molecule is CSc1ccc(C(=O)Cn2cc(Br)c3ccccc32)cc1. The lowest BCUT2D eigenvalue weighted by molar-refractivity contribution is 0.0973. The van der Waals surface area contributed by atoms with Gasteiger partial charge in [0.1, 0.15) is 0 Å². The number of halogens is 1. The lowest BCUT2D eigenvalue weighted by atomic mass is 10.1. The lowest BCUT2D eigenvalue weighted by Crippen LogP contribution is -2.09. The molecule has 0 unspecified atom stereocenters. The molecule has 0 aliphatic heterocycles. The number of benzene rings is 2. The number of aromatic nitrogens is 1. The van der Waals surface area contributed by atoms with Gasteiger partial charge in [-0.1, -0.05) is 30.3 Å². The van der Waals surface area contributed by atoms with Crippen molar-refractivity contribution in [2.75, 3.05) is 6.26 Å². The van der Waals surface area contributed by atoms with Crippen molar-refractivity contribution in [1.29, 1.82) is 0 Å². The molecule has 1 heterocycles. The minimum Gasteiger partial charge on any atom is -0.338 e. The third-order valence-corrected chi connectivity index (χ3v) is 4.84. The average molecular weight is 360 g/mol. The van der Waals surface area contributed by atoms with E-state index in [1.165, 1.54) is 4.90 Å². The number of hydrogen-bond donors (Lipinski definition) is 0. The van der Waals surface area contributed by atoms with Gasteiger partial charge in [0.2, 0.25) is 0 Å². The van der Waals surface area contributed by atoms with Crippen LogP contribution < -0.4 is 0 Å². The molecule has 3 aromatic rings. The van der Waals surface area contributed by atoms with Gasteiger partial charge in [-0.25, -0.2) is 0 Å². The summed E-state index contributed by atoms with van der Waals surface area (Å²) in [5.74, 6) is 0.121. The normalized spacial score (nSPS) is 11.0. The lowest BCUT2D eigenvalue weighted by Gasteiger charge is -2.05. The fourth-order valence-electron chi connectivity index (χ4n) is 2.36. The summed E-state index contributed by atoms with van der Waals surface area (Å²) in [5.41, 5.74) is 1.82. The summed E-state index contributed by atoms with van der Waals surface area (Å²) in [4.78, 5) is 13.6. The van der Waals surface area contributed by atoms with Crippen LogP contribution in [0.4, 0.5) is 0 Å². The first-order valence-corrected chi connectivity index (χ1v) is 8.61. The van der Waals surface area contributed by atoms with Gasteiger partial charge in [0.15, 0.2) is 5.78 Å². The Morgan fingerprint density at radius 2 is 1.86 bits per heavy atom. The largest absolute Gasteiger partial charge is 0.338 e. The maximum Gasteiger partial charge on any atom is 0.182 e. The Labute approximate surface area is 136 Å². The first-order valence-electron chi connectivity index (χ1n) is 6.59. The number of carbonyl (C=O) groups is 1. The quantitative estimate of drug-likeness (QED) is 0.482. The van der Waals surface area contributed by atoms with Crippen LogP contribution in [0, 0.1) is 0 Å². The van der Waals surface area contributed by atoms with E-state index in [4.69, 9.17) is 0 Å². The summed E-state index contributed by atoms with van der Waals surface area (Å²) >= 11 is 5.22. The molecule has 0 radical (unpaired) electrons. The standard InChI is InChI=1S/C17H14BrNOS/c1-21-13-8-6-12(7-9-13)17(20)11-19-10-15(18)14-4-2-3-5-16(14)19/h2-10H,11H2,1H3. The highest BCUT2D eigenvalue weighted by molar-refractivity contribution is 9.10. The van der Waals surface area contributed by atoms with Gasteiger partial charge in [-0.05, 0) is 40.4 Å². The number of rotatable bonds is 4. The number of fused-ring (bicyclic) bond motifs is 1. The summed E-state index contributed by atoms with van der Waals surface area (Å²) in [7, 11) is 0. The summed E-state index contributed by atoms with van der Waals surface area (Å²) in [6.07, 6.45) is 4.00. The van der Waals surface area contributed by atoms with E-state index in [0.29, 0.717) is 6.54 Å². The van der Waals surface area contributed by atoms with Crippen molar-refractivity contribution in [3.05, 3.63) is 64.8 Å². The van der Waals surface area contributed by atoms with Crippen LogP contribution in [0.2, 0.25) is 0 Å². The zero-order valence-corrected chi connectivity index (χ0v) is 13.9. The van der Waals surface area contributed by atoms with Crippen LogP contribution in [0.25, 0.3) is 10.9 Å². The molecule has 0 saturated heterocycles. The van der Waals surface area contributed by atoms with E-state index in [1.807, 2.05) is 65.6 Å². The third-order valence-electron chi connectivity index (χ3n) is 3.47. The Morgan fingerprint density at radius 3 is 2.57 bits per heavy atom. The predicted octanol–water partition coefficient (Wildman–Crippen LogP) is 5.01. The van der Waals surface area contributed by atoms with Crippen LogP contribution in [0.5, 0.6) is 0 Å². The van der Waals surface area contributed by atoms with Crippen LogP contribution in [0.1, 0.15) is 10.4 Å². The molecule has 0 aliphatic carbocycles. The molecule has 21 heavy (non-hydrogen) atoms. The minimum atomic E-state index is 0.121. The average Bonchev–Trinajstić information content (AvgIpc) is 2.84. The van der Waals surface area contributed by atoms with E-state index in [-0.39, 0.29) is 5.78 Å². The molecule has 3 rings (SSSR count). The minimum absolute atomic E-state index is 0.121. The maximum atomic E-state index is 12.4. The Balaban J connectivity index is 1.89. The topological polar surface area (TPSA) is 22.0 Å². The summed E-state index contributed by atoms with van der Waals surface area (Å²) in [6, 6.07) is 15.8. The van der Waals surface area contributed by atoms with Crippen LogP contribution in [0.15, 0.2) is 64.1 Å². The highest BCUT2D eigenvalue weighted by Crippen LogP contribution is 2.26. The first-order chi connectivity index (χ1) is 10.2. The highest BCUT2D eigenvalue weighted by Gasteiger charge is 2.11. The van der Waals surface area contributed by atoms with Crippen LogP contribution >= 0.6 is 27.7 Å². The van der Waals surface area contributed by atoms with Crippen LogP contribution in [0.3, 0.4) is 0 Å². The molecule has 2 nitrogen and oxygen atoms in total. The molecule has 0 N–H and O–H groups in total. The van der Waals surface area contributed by atoms with E-state index in [1.54, 1.807) is 11.8 Å². The van der Waals surface area contributed by atoms with E-state index in [2.05, 4.69) is 15.9 Å². The second-order valence-corrected chi connectivity index (χ2v) is 6.51. The predicted molar refractivity (Wildman–Crippen MR) is 92.2 cm³/mol. The van der Waals surface area contributed by atoms with E-state index < -0.39 is 0 Å². The molecule has 1 aromatic heterocycles. The third kappa shape index (κ3) is 2.92. The molecule has 0 spiro atoms. The number of Topliss-reactive ketones (excluding diaryl/α,β-unsaturated/α-hetero) is 1. The second-order valence-electron chi connectivity index (χ2n) is 4.77. The Bertz CT molecular complexity index is 792. The number of ketones is 1. The Morgan fingerprint density at radius 1 is 1.14 bits per heavy atom. The van der Waals surface area contributed by atoms with E-state index in [0.717, 1.165) is 20.9 Å². The number of hydrogen-bond acceptors (Lipinski definition) is 2. The van der Waals surface area contributed by atoms with Crippen molar-refractivity contribution in [2.45, 2.75) is 11.4 Å². The molecular weight excluding hydrogens is 346 g/mol.